The fraction of sp³-hybridized carbons (Fsp3) is 0.250. The molecule has 3 rings (SSSR count). The van der Waals surface area contributed by atoms with Crippen LogP contribution >= 0.6 is 23.4 Å². The van der Waals surface area contributed by atoms with E-state index in [9.17, 15) is 13.2 Å². The molecular formula is C20H21ClN4O4S2. The van der Waals surface area contributed by atoms with Crippen LogP contribution in [-0.4, -0.2) is 36.8 Å². The first-order valence-electron chi connectivity index (χ1n) is 9.35. The van der Waals surface area contributed by atoms with E-state index in [1.54, 1.807) is 44.2 Å². The molecule has 1 aromatic heterocycles. The van der Waals surface area contributed by atoms with Gasteiger partial charge in [0.05, 0.1) is 22.2 Å². The smallest absolute Gasteiger partial charge is 0.265 e. The Morgan fingerprint density at radius 2 is 1.97 bits per heavy atom. The van der Waals surface area contributed by atoms with Gasteiger partial charge in [0, 0.05) is 19.2 Å². The number of aromatic nitrogens is 2. The third-order valence-corrected chi connectivity index (χ3v) is 7.46. The lowest BCUT2D eigenvalue weighted by Crippen LogP contribution is -2.31. The number of sulfonamides is 1. The molecule has 0 aliphatic heterocycles. The number of halogens is 1. The highest BCUT2D eigenvalue weighted by atomic mass is 35.5. The molecule has 0 atom stereocenters. The van der Waals surface area contributed by atoms with Gasteiger partial charge in [0.15, 0.2) is 5.82 Å². The number of anilines is 2. The fourth-order valence-electron chi connectivity index (χ4n) is 2.82. The SMILES string of the molecule is CCN(c1ccccc1)S(=O)(=O)c1cc(NC(=O)CSCc2noc(C)n2)ccc1Cl. The predicted octanol–water partition coefficient (Wildman–Crippen LogP) is 4.12. The summed E-state index contributed by atoms with van der Waals surface area (Å²) >= 11 is 7.53. The largest absolute Gasteiger partial charge is 0.340 e. The molecule has 0 aliphatic rings. The van der Waals surface area contributed by atoms with Crippen LogP contribution in [-0.2, 0) is 20.6 Å². The molecule has 0 radical (unpaired) electrons. The highest BCUT2D eigenvalue weighted by Crippen LogP contribution is 2.30. The van der Waals surface area contributed by atoms with Crippen LogP contribution in [0.15, 0.2) is 57.9 Å². The van der Waals surface area contributed by atoms with Crippen molar-refractivity contribution in [1.29, 1.82) is 0 Å². The number of nitrogens with one attached hydrogen (secondary N) is 1. The van der Waals surface area contributed by atoms with Crippen molar-refractivity contribution in [3.05, 3.63) is 65.3 Å². The third-order valence-electron chi connectivity index (χ3n) is 4.15. The van der Waals surface area contributed by atoms with Crippen molar-refractivity contribution >= 4 is 50.7 Å². The van der Waals surface area contributed by atoms with Crippen molar-refractivity contribution < 1.29 is 17.7 Å². The van der Waals surface area contributed by atoms with Crippen LogP contribution in [0.3, 0.4) is 0 Å². The van der Waals surface area contributed by atoms with E-state index in [1.165, 1.54) is 28.2 Å². The van der Waals surface area contributed by atoms with Crippen molar-refractivity contribution in [2.45, 2.75) is 24.5 Å². The molecule has 0 fully saturated rings. The fourth-order valence-corrected chi connectivity index (χ4v) is 5.45. The molecule has 0 bridgehead atoms. The number of aryl methyl sites for hydroxylation is 1. The van der Waals surface area contributed by atoms with E-state index in [1.807, 2.05) is 6.07 Å². The summed E-state index contributed by atoms with van der Waals surface area (Å²) in [5, 5.41) is 6.55. The van der Waals surface area contributed by atoms with Crippen molar-refractivity contribution in [1.82, 2.24) is 10.1 Å². The number of benzene rings is 2. The van der Waals surface area contributed by atoms with Gasteiger partial charge in [-0.1, -0.05) is 35.0 Å². The molecule has 0 spiro atoms. The van der Waals surface area contributed by atoms with E-state index in [0.717, 1.165) is 0 Å². The summed E-state index contributed by atoms with van der Waals surface area (Å²) in [7, 11) is -3.93. The van der Waals surface area contributed by atoms with Gasteiger partial charge in [0.2, 0.25) is 11.8 Å². The number of hydrogen-bond acceptors (Lipinski definition) is 7. The molecule has 1 heterocycles. The first-order valence-corrected chi connectivity index (χ1v) is 12.3. The Bertz CT molecular complexity index is 1150. The summed E-state index contributed by atoms with van der Waals surface area (Å²) in [6.07, 6.45) is 0. The second kappa shape index (κ2) is 10.2. The maximum absolute atomic E-state index is 13.3. The van der Waals surface area contributed by atoms with Gasteiger partial charge in [-0.25, -0.2) is 8.42 Å². The maximum Gasteiger partial charge on any atom is 0.265 e. The van der Waals surface area contributed by atoms with Gasteiger partial charge >= 0.3 is 0 Å². The Morgan fingerprint density at radius 3 is 2.61 bits per heavy atom. The summed E-state index contributed by atoms with van der Waals surface area (Å²) in [5.74, 6) is 1.25. The molecule has 0 saturated carbocycles. The highest BCUT2D eigenvalue weighted by molar-refractivity contribution is 7.99. The minimum Gasteiger partial charge on any atom is -0.340 e. The number of para-hydroxylation sites is 1. The van der Waals surface area contributed by atoms with Crippen LogP contribution in [0.4, 0.5) is 11.4 Å². The first kappa shape index (κ1) is 23.1. The number of carbonyl (C=O) groups excluding carboxylic acids is 1. The molecule has 2 aromatic carbocycles. The number of hydrogen-bond donors (Lipinski definition) is 1. The standard InChI is InChI=1S/C20H21ClN4O4S2/c1-3-25(16-7-5-4-6-8-16)31(27,28)18-11-15(9-10-17(18)21)23-20(26)13-30-12-19-22-14(2)29-24-19/h4-11H,3,12-13H2,1-2H3,(H,23,26). The third kappa shape index (κ3) is 5.78. The van der Waals surface area contributed by atoms with E-state index in [2.05, 4.69) is 15.5 Å². The zero-order valence-electron chi connectivity index (χ0n) is 16.9. The zero-order chi connectivity index (χ0) is 22.4. The van der Waals surface area contributed by atoms with E-state index < -0.39 is 10.0 Å². The van der Waals surface area contributed by atoms with Gasteiger partial charge in [-0.3, -0.25) is 9.10 Å². The predicted molar refractivity (Wildman–Crippen MR) is 122 cm³/mol. The zero-order valence-corrected chi connectivity index (χ0v) is 19.3. The quantitative estimate of drug-likeness (QED) is 0.491. The van der Waals surface area contributed by atoms with Gasteiger partial charge in [-0.05, 0) is 37.3 Å². The van der Waals surface area contributed by atoms with Crippen molar-refractivity contribution in [2.24, 2.45) is 0 Å². The van der Waals surface area contributed by atoms with E-state index in [-0.39, 0.29) is 28.1 Å². The average molecular weight is 481 g/mol. The van der Waals surface area contributed by atoms with Crippen LogP contribution in [0, 0.1) is 6.92 Å². The molecule has 0 aliphatic carbocycles. The number of nitrogens with zero attached hydrogens (tertiary/aromatic N) is 3. The first-order chi connectivity index (χ1) is 14.8. The second-order valence-electron chi connectivity index (χ2n) is 6.42. The van der Waals surface area contributed by atoms with Crippen LogP contribution < -0.4 is 9.62 Å². The highest BCUT2D eigenvalue weighted by Gasteiger charge is 2.26. The lowest BCUT2D eigenvalue weighted by atomic mass is 10.3. The van der Waals surface area contributed by atoms with Gasteiger partial charge in [0.25, 0.3) is 10.0 Å². The molecule has 1 amide bonds. The molecule has 0 unspecified atom stereocenters. The Labute approximate surface area is 190 Å². The van der Waals surface area contributed by atoms with Crippen molar-refractivity contribution in [3.8, 4) is 0 Å². The number of carbonyl (C=O) groups is 1. The summed E-state index contributed by atoms with van der Waals surface area (Å²) < 4.78 is 32.7. The average Bonchev–Trinajstić information content (AvgIpc) is 3.15. The van der Waals surface area contributed by atoms with Crippen LogP contribution in [0.5, 0.6) is 0 Å². The molecule has 31 heavy (non-hydrogen) atoms. The van der Waals surface area contributed by atoms with E-state index in [0.29, 0.717) is 28.8 Å². The van der Waals surface area contributed by atoms with Gasteiger partial charge < -0.3 is 9.84 Å². The Morgan fingerprint density at radius 1 is 1.23 bits per heavy atom. The number of amides is 1. The summed E-state index contributed by atoms with van der Waals surface area (Å²) in [5.41, 5.74) is 0.872. The molecule has 164 valence electrons. The summed E-state index contributed by atoms with van der Waals surface area (Å²) in [6.45, 7) is 3.66. The number of thioether (sulfide) groups is 1. The van der Waals surface area contributed by atoms with Crippen LogP contribution in [0.2, 0.25) is 5.02 Å². The van der Waals surface area contributed by atoms with Crippen LogP contribution in [0.25, 0.3) is 0 Å². The molecule has 0 saturated heterocycles. The minimum absolute atomic E-state index is 0.0763. The molecule has 11 heteroatoms. The molecular weight excluding hydrogens is 460 g/mol. The summed E-state index contributed by atoms with van der Waals surface area (Å²) in [6, 6.07) is 13.1. The van der Waals surface area contributed by atoms with E-state index >= 15 is 0 Å². The lowest BCUT2D eigenvalue weighted by Gasteiger charge is -2.23. The molecule has 8 nitrogen and oxygen atoms in total. The lowest BCUT2D eigenvalue weighted by molar-refractivity contribution is -0.113. The van der Waals surface area contributed by atoms with Crippen molar-refractivity contribution in [2.75, 3.05) is 21.9 Å². The van der Waals surface area contributed by atoms with Gasteiger partial charge in [-0.15, -0.1) is 11.8 Å². The number of rotatable bonds is 9. The monoisotopic (exact) mass is 480 g/mol. The van der Waals surface area contributed by atoms with E-state index in [4.69, 9.17) is 16.1 Å². The minimum atomic E-state index is -3.93. The van der Waals surface area contributed by atoms with Crippen LogP contribution in [0.1, 0.15) is 18.6 Å². The summed E-state index contributed by atoms with van der Waals surface area (Å²) in [4.78, 5) is 16.3. The maximum atomic E-state index is 13.3. The second-order valence-corrected chi connectivity index (χ2v) is 9.64. The van der Waals surface area contributed by atoms with Gasteiger partial charge in [-0.2, -0.15) is 4.98 Å². The van der Waals surface area contributed by atoms with Crippen molar-refractivity contribution in [3.63, 3.8) is 0 Å². The normalized spacial score (nSPS) is 11.3. The Hall–Kier alpha value is -2.56. The Balaban J connectivity index is 1.72. The topological polar surface area (TPSA) is 105 Å². The van der Waals surface area contributed by atoms with Gasteiger partial charge in [0.1, 0.15) is 4.90 Å². The molecule has 1 N–H and O–H groups in total. The Kier molecular flexibility index (Phi) is 7.58. The molecule has 3 aromatic rings.